The second-order valence-corrected chi connectivity index (χ2v) is 12.9. The third-order valence-electron chi connectivity index (χ3n) is 6.82. The van der Waals surface area contributed by atoms with Crippen molar-refractivity contribution in [3.05, 3.63) is 62.9 Å². The molecule has 0 fully saturated rings. The van der Waals surface area contributed by atoms with Gasteiger partial charge in [0.1, 0.15) is 12.2 Å². The molecular formula is C30H46N6O15. The predicted molar refractivity (Wildman–Crippen MR) is 175 cm³/mol. The van der Waals surface area contributed by atoms with E-state index < -0.39 is 135 Å². The van der Waals surface area contributed by atoms with E-state index in [1.165, 1.54) is 13.8 Å². The molecule has 0 spiro atoms. The molecule has 2 heterocycles. The molecule has 3 N–H and O–H groups in total. The topological polar surface area (TPSA) is 272 Å². The molecule has 0 amide bonds. The summed E-state index contributed by atoms with van der Waals surface area (Å²) in [6.07, 6.45) is -1.35. The number of rotatable bonds is 19. The van der Waals surface area contributed by atoms with Crippen molar-refractivity contribution in [2.45, 2.75) is 111 Å². The number of aromatic nitrogens is 6. The summed E-state index contributed by atoms with van der Waals surface area (Å²) >= 11 is 0. The van der Waals surface area contributed by atoms with Crippen LogP contribution in [0.2, 0.25) is 0 Å². The van der Waals surface area contributed by atoms with E-state index in [0.717, 1.165) is 0 Å². The molecule has 0 aliphatic rings. The van der Waals surface area contributed by atoms with Gasteiger partial charge in [-0.2, -0.15) is 0 Å². The van der Waals surface area contributed by atoms with Gasteiger partial charge in [0.05, 0.1) is 57.7 Å². The van der Waals surface area contributed by atoms with Gasteiger partial charge in [0.2, 0.25) is 0 Å². The zero-order valence-corrected chi connectivity index (χ0v) is 29.3. The Labute approximate surface area is 289 Å². The van der Waals surface area contributed by atoms with Crippen LogP contribution in [0.25, 0.3) is 0 Å². The predicted octanol–water partition coefficient (Wildman–Crippen LogP) is -3.90. The van der Waals surface area contributed by atoms with E-state index in [2.05, 4.69) is 0 Å². The first-order valence-electron chi connectivity index (χ1n) is 16.1. The van der Waals surface area contributed by atoms with Gasteiger partial charge in [0.15, 0.2) is 0 Å². The highest BCUT2D eigenvalue weighted by Crippen LogP contribution is 2.08. The van der Waals surface area contributed by atoms with Gasteiger partial charge in [0.25, 0.3) is 0 Å². The lowest BCUT2D eigenvalue weighted by Crippen LogP contribution is -2.56. The van der Waals surface area contributed by atoms with E-state index >= 15 is 0 Å². The molecule has 2 rings (SSSR count). The quantitative estimate of drug-likeness (QED) is 0.0708. The van der Waals surface area contributed by atoms with Crippen LogP contribution in [0.3, 0.4) is 0 Å². The van der Waals surface area contributed by atoms with Gasteiger partial charge in [0, 0.05) is 32.7 Å². The van der Waals surface area contributed by atoms with Crippen molar-refractivity contribution in [3.63, 3.8) is 0 Å². The van der Waals surface area contributed by atoms with Crippen molar-refractivity contribution < 1.29 is 43.9 Å². The second kappa shape index (κ2) is 18.4. The number of hydrogen-bond donors (Lipinski definition) is 3. The lowest BCUT2D eigenvalue weighted by atomic mass is 10.1. The maximum Gasteiger partial charge on any atom is 0.336 e. The largest absolute Gasteiger partial charge is 0.466 e. The third kappa shape index (κ3) is 12.4. The van der Waals surface area contributed by atoms with Crippen molar-refractivity contribution in [3.8, 4) is 0 Å². The number of ether oxygens (including phenoxy) is 3. The van der Waals surface area contributed by atoms with Crippen molar-refractivity contribution in [2.24, 2.45) is 0 Å². The number of aliphatic hydroxyl groups excluding tert-OH is 2. The summed E-state index contributed by atoms with van der Waals surface area (Å²) in [7, 11) is 0. The molecule has 0 bridgehead atoms. The van der Waals surface area contributed by atoms with Crippen molar-refractivity contribution in [2.75, 3.05) is 26.4 Å². The van der Waals surface area contributed by atoms with Crippen molar-refractivity contribution in [1.29, 1.82) is 0 Å². The van der Waals surface area contributed by atoms with Gasteiger partial charge < -0.3 is 29.5 Å². The first-order valence-corrected chi connectivity index (χ1v) is 16.1. The van der Waals surface area contributed by atoms with E-state index in [4.69, 9.17) is 19.3 Å². The van der Waals surface area contributed by atoms with Crippen molar-refractivity contribution >= 4 is 17.9 Å². The van der Waals surface area contributed by atoms with Gasteiger partial charge in [-0.25, -0.2) is 56.2 Å². The summed E-state index contributed by atoms with van der Waals surface area (Å²) in [5.41, 5.74) is -9.11. The lowest BCUT2D eigenvalue weighted by Gasteiger charge is -2.20. The summed E-state index contributed by atoms with van der Waals surface area (Å²) < 4.78 is 18.7. The first kappa shape index (κ1) is 42.3. The average molecular weight is 731 g/mol. The van der Waals surface area contributed by atoms with Gasteiger partial charge >= 0.3 is 52.0 Å². The van der Waals surface area contributed by atoms with Crippen LogP contribution >= 0.6 is 0 Å². The SMILES string of the molecule is CC(C)(O)Cn1c(=O)n(CCO)c(=O)n(CCOC(=O)CCn2c(=O)n(CCC(=O)OCCCO)c(=O)n(CCC(=O)OC(C)(C)C)c2=O)c1=O. The summed E-state index contributed by atoms with van der Waals surface area (Å²) in [6.45, 7) is 2.82. The van der Waals surface area contributed by atoms with Crippen molar-refractivity contribution in [1.82, 2.24) is 27.4 Å². The van der Waals surface area contributed by atoms with Gasteiger partial charge in [-0.15, -0.1) is 0 Å². The number of hydrogen-bond acceptors (Lipinski definition) is 15. The van der Waals surface area contributed by atoms with Crippen LogP contribution in [0.15, 0.2) is 28.8 Å². The second-order valence-electron chi connectivity index (χ2n) is 12.9. The van der Waals surface area contributed by atoms with E-state index in [-0.39, 0.29) is 19.6 Å². The molecule has 21 heteroatoms. The molecule has 0 aliphatic carbocycles. The first-order chi connectivity index (χ1) is 23.7. The van der Waals surface area contributed by atoms with Gasteiger partial charge in [-0.05, 0) is 34.6 Å². The zero-order valence-electron chi connectivity index (χ0n) is 29.3. The molecule has 51 heavy (non-hydrogen) atoms. The van der Waals surface area contributed by atoms with Crippen LogP contribution in [0.5, 0.6) is 0 Å². The molecule has 0 aliphatic heterocycles. The fourth-order valence-corrected chi connectivity index (χ4v) is 4.59. The van der Waals surface area contributed by atoms with Gasteiger partial charge in [-0.1, -0.05) is 0 Å². The van der Waals surface area contributed by atoms with Crippen LogP contribution in [-0.2, 0) is 67.9 Å². The monoisotopic (exact) mass is 730 g/mol. The van der Waals surface area contributed by atoms with E-state index in [1.54, 1.807) is 20.8 Å². The Hall–Kier alpha value is -4.89. The molecule has 286 valence electrons. The number of nitrogens with zero attached hydrogens (tertiary/aromatic N) is 6. The minimum atomic E-state index is -1.53. The Morgan fingerprint density at radius 3 is 1.29 bits per heavy atom. The number of aliphatic hydroxyl groups is 3. The zero-order chi connectivity index (χ0) is 38.7. The van der Waals surface area contributed by atoms with Crippen LogP contribution < -0.4 is 34.1 Å². The smallest absolute Gasteiger partial charge is 0.336 e. The molecule has 0 saturated carbocycles. The Morgan fingerprint density at radius 1 is 0.529 bits per heavy atom. The summed E-state index contributed by atoms with van der Waals surface area (Å²) in [6, 6.07) is 0. The van der Waals surface area contributed by atoms with Gasteiger partial charge in [-0.3, -0.25) is 14.4 Å². The lowest BCUT2D eigenvalue weighted by molar-refractivity contribution is -0.155. The number of carbonyl (C=O) groups is 3. The number of carbonyl (C=O) groups excluding carboxylic acids is 3. The maximum absolute atomic E-state index is 13.3. The standard InChI is InChI=1S/C30H46N6O15/c1-29(2,3)51-22(41)9-12-33-24(43)31(10-7-20(39)49-17-6-15-37)23(42)32(25(33)44)11-8-21(40)50-18-14-35-26(45)34(13-16-38)27(46)36(28(35)47)19-30(4,5)48/h37-38,48H,6-19H2,1-5H3. The molecule has 0 saturated heterocycles. The Kier molecular flexibility index (Phi) is 15.2. The fraction of sp³-hybridized carbons (Fsp3) is 0.700. The van der Waals surface area contributed by atoms with Crippen LogP contribution in [0, 0.1) is 0 Å². The highest BCUT2D eigenvalue weighted by atomic mass is 16.6. The molecule has 0 unspecified atom stereocenters. The molecule has 0 radical (unpaired) electrons. The number of esters is 3. The van der Waals surface area contributed by atoms with Crippen LogP contribution in [0.4, 0.5) is 0 Å². The van der Waals surface area contributed by atoms with E-state index in [1.807, 2.05) is 0 Å². The minimum absolute atomic E-state index is 0.107. The van der Waals surface area contributed by atoms with Crippen LogP contribution in [-0.4, -0.2) is 98.3 Å². The Balaban J connectivity index is 2.32. The molecule has 0 atom stereocenters. The van der Waals surface area contributed by atoms with E-state index in [0.29, 0.717) is 27.4 Å². The molecule has 0 aromatic carbocycles. The van der Waals surface area contributed by atoms with E-state index in [9.17, 15) is 53.4 Å². The highest BCUT2D eigenvalue weighted by Gasteiger charge is 2.23. The Bertz CT molecular complexity index is 1910. The maximum atomic E-state index is 13.3. The van der Waals surface area contributed by atoms with Crippen LogP contribution in [0.1, 0.15) is 60.3 Å². The molecular weight excluding hydrogens is 684 g/mol. The molecule has 2 aromatic heterocycles. The normalized spacial score (nSPS) is 11.8. The fourth-order valence-electron chi connectivity index (χ4n) is 4.59. The summed E-state index contributed by atoms with van der Waals surface area (Å²) in [5.74, 6) is -2.54. The highest BCUT2D eigenvalue weighted by molar-refractivity contribution is 5.70. The minimum Gasteiger partial charge on any atom is -0.466 e. The summed E-state index contributed by atoms with van der Waals surface area (Å²) in [5, 5.41) is 28.3. The molecule has 21 nitrogen and oxygen atoms in total. The third-order valence-corrected chi connectivity index (χ3v) is 6.82. The Morgan fingerprint density at radius 2 is 0.902 bits per heavy atom. The molecule has 2 aromatic rings. The summed E-state index contributed by atoms with van der Waals surface area (Å²) in [4.78, 5) is 115. The average Bonchev–Trinajstić information content (AvgIpc) is 3.01.